The van der Waals surface area contributed by atoms with Crippen LogP contribution in [0.5, 0.6) is 0 Å². The van der Waals surface area contributed by atoms with Gasteiger partial charge in [-0.15, -0.1) is 0 Å². The van der Waals surface area contributed by atoms with Gasteiger partial charge in [-0.25, -0.2) is 8.42 Å². The van der Waals surface area contributed by atoms with E-state index in [-0.39, 0.29) is 12.3 Å². The third-order valence-electron chi connectivity index (χ3n) is 0.362. The van der Waals surface area contributed by atoms with Crippen LogP contribution in [-0.2, 0) is 9.05 Å². The largest absolute Gasteiger partial charge is 0.329 e. The first-order chi connectivity index (χ1) is 3.06. The lowest BCUT2D eigenvalue weighted by atomic mass is 10.8. The molecule has 0 aliphatic rings. The van der Waals surface area contributed by atoms with Crippen molar-refractivity contribution in [3.63, 3.8) is 0 Å². The Labute approximate surface area is 46.9 Å². The summed E-state index contributed by atoms with van der Waals surface area (Å²) in [5, 5.41) is 0. The van der Waals surface area contributed by atoms with Gasteiger partial charge in [0.15, 0.2) is 0 Å². The standard InChI is InChI=1S/C2H6ClNO2S/c3-7(5,6)2-1-4/h1-2,4H2. The van der Waals surface area contributed by atoms with Gasteiger partial charge < -0.3 is 5.73 Å². The molecule has 0 rings (SSSR count). The molecule has 0 radical (unpaired) electrons. The van der Waals surface area contributed by atoms with Gasteiger partial charge in [0, 0.05) is 17.2 Å². The Hall–Kier alpha value is 0.200. The number of hydrogen-bond acceptors (Lipinski definition) is 3. The SMILES string of the molecule is NCCS(=O)(=O)Cl. The highest BCUT2D eigenvalue weighted by molar-refractivity contribution is 8.13. The zero-order valence-electron chi connectivity index (χ0n) is 3.59. The predicted octanol–water partition coefficient (Wildman–Crippen LogP) is -0.486. The molecule has 0 aliphatic carbocycles. The van der Waals surface area contributed by atoms with Crippen molar-refractivity contribution in [3.8, 4) is 0 Å². The van der Waals surface area contributed by atoms with Crippen LogP contribution >= 0.6 is 10.7 Å². The van der Waals surface area contributed by atoms with Gasteiger partial charge in [0.2, 0.25) is 9.05 Å². The smallest absolute Gasteiger partial charge is 0.233 e. The molecule has 0 fully saturated rings. The molecule has 0 heterocycles. The Kier molecular flexibility index (Phi) is 2.56. The van der Waals surface area contributed by atoms with Crippen LogP contribution in [0, 0.1) is 0 Å². The van der Waals surface area contributed by atoms with E-state index in [0.717, 1.165) is 0 Å². The minimum Gasteiger partial charge on any atom is -0.329 e. The summed E-state index contributed by atoms with van der Waals surface area (Å²) in [6.45, 7) is 0.0891. The molecular formula is C2H6ClNO2S. The monoisotopic (exact) mass is 143 g/mol. The highest BCUT2D eigenvalue weighted by Crippen LogP contribution is 1.91. The van der Waals surface area contributed by atoms with Crippen molar-refractivity contribution in [1.29, 1.82) is 0 Å². The van der Waals surface area contributed by atoms with E-state index in [9.17, 15) is 8.42 Å². The summed E-state index contributed by atoms with van der Waals surface area (Å²) in [4.78, 5) is 0. The number of nitrogens with two attached hydrogens (primary N) is 1. The van der Waals surface area contributed by atoms with Crippen LogP contribution in [0.3, 0.4) is 0 Å². The van der Waals surface area contributed by atoms with Crippen LogP contribution in [0.1, 0.15) is 0 Å². The Balaban J connectivity index is 3.60. The van der Waals surface area contributed by atoms with Crippen LogP contribution < -0.4 is 5.73 Å². The van der Waals surface area contributed by atoms with Gasteiger partial charge >= 0.3 is 0 Å². The fourth-order valence-electron chi connectivity index (χ4n) is 0.141. The molecule has 2 N–H and O–H groups in total. The Morgan fingerprint density at radius 2 is 2.00 bits per heavy atom. The summed E-state index contributed by atoms with van der Waals surface area (Å²) >= 11 is 0. The maximum Gasteiger partial charge on any atom is 0.233 e. The number of halogens is 1. The fraction of sp³-hybridized carbons (Fsp3) is 1.00. The maximum atomic E-state index is 9.92. The second-order valence-electron chi connectivity index (χ2n) is 1.03. The average Bonchev–Trinajstić information content (AvgIpc) is 1.30. The van der Waals surface area contributed by atoms with E-state index in [4.69, 9.17) is 16.4 Å². The molecule has 44 valence electrons. The molecule has 3 nitrogen and oxygen atoms in total. The summed E-state index contributed by atoms with van der Waals surface area (Å²) in [5.74, 6) is -0.144. The zero-order chi connectivity index (χ0) is 5.91. The van der Waals surface area contributed by atoms with Gasteiger partial charge in [0.25, 0.3) is 0 Å². The van der Waals surface area contributed by atoms with Gasteiger partial charge in [-0.3, -0.25) is 0 Å². The fourth-order valence-corrected chi connectivity index (χ4v) is 0.690. The van der Waals surface area contributed by atoms with E-state index < -0.39 is 9.05 Å². The van der Waals surface area contributed by atoms with Gasteiger partial charge in [-0.05, 0) is 0 Å². The molecule has 0 bridgehead atoms. The van der Waals surface area contributed by atoms with Crippen LogP contribution in [0.4, 0.5) is 0 Å². The first kappa shape index (κ1) is 7.20. The molecule has 0 aromatic rings. The van der Waals surface area contributed by atoms with Gasteiger partial charge in [0.1, 0.15) is 0 Å². The van der Waals surface area contributed by atoms with Gasteiger partial charge in [-0.2, -0.15) is 0 Å². The Morgan fingerprint density at radius 3 is 2.00 bits per heavy atom. The molecule has 0 amide bonds. The Morgan fingerprint density at radius 1 is 1.57 bits per heavy atom. The van der Waals surface area contributed by atoms with Crippen molar-refractivity contribution in [2.45, 2.75) is 0 Å². The molecule has 5 heteroatoms. The molecule has 0 atom stereocenters. The molecule has 0 saturated heterocycles. The summed E-state index contributed by atoms with van der Waals surface area (Å²) in [7, 11) is 1.40. The van der Waals surface area contributed by atoms with Gasteiger partial charge in [-0.1, -0.05) is 0 Å². The Bertz CT molecular complexity index is 129. The van der Waals surface area contributed by atoms with E-state index in [1.807, 2.05) is 0 Å². The summed E-state index contributed by atoms with van der Waals surface area (Å²) < 4.78 is 19.8. The van der Waals surface area contributed by atoms with E-state index in [0.29, 0.717) is 0 Å². The lowest BCUT2D eigenvalue weighted by Crippen LogP contribution is -2.10. The summed E-state index contributed by atoms with van der Waals surface area (Å²) in [6.07, 6.45) is 0. The number of hydrogen-bond donors (Lipinski definition) is 1. The minimum absolute atomic E-state index is 0.0891. The lowest BCUT2D eigenvalue weighted by molar-refractivity contribution is 0.609. The molecule has 0 aromatic carbocycles. The van der Waals surface area contributed by atoms with Crippen molar-refractivity contribution in [2.24, 2.45) is 5.73 Å². The molecule has 0 spiro atoms. The second kappa shape index (κ2) is 2.49. The zero-order valence-corrected chi connectivity index (χ0v) is 5.17. The van der Waals surface area contributed by atoms with Crippen LogP contribution in [-0.4, -0.2) is 20.7 Å². The molecule has 7 heavy (non-hydrogen) atoms. The van der Waals surface area contributed by atoms with Crippen molar-refractivity contribution in [1.82, 2.24) is 0 Å². The third-order valence-corrected chi connectivity index (χ3v) is 1.55. The van der Waals surface area contributed by atoms with Crippen molar-refractivity contribution in [2.75, 3.05) is 12.3 Å². The molecule has 0 unspecified atom stereocenters. The average molecular weight is 144 g/mol. The highest BCUT2D eigenvalue weighted by Gasteiger charge is 1.99. The van der Waals surface area contributed by atoms with E-state index in [1.165, 1.54) is 0 Å². The molecule has 0 aliphatic heterocycles. The minimum atomic E-state index is -3.33. The van der Waals surface area contributed by atoms with Crippen LogP contribution in [0.15, 0.2) is 0 Å². The van der Waals surface area contributed by atoms with E-state index >= 15 is 0 Å². The summed E-state index contributed by atoms with van der Waals surface area (Å²) in [6, 6.07) is 0. The van der Waals surface area contributed by atoms with Crippen molar-refractivity contribution >= 4 is 19.7 Å². The predicted molar refractivity (Wildman–Crippen MR) is 28.7 cm³/mol. The maximum absolute atomic E-state index is 9.92. The van der Waals surface area contributed by atoms with Crippen molar-refractivity contribution in [3.05, 3.63) is 0 Å². The molecule has 0 saturated carbocycles. The lowest BCUT2D eigenvalue weighted by Gasteiger charge is -1.84. The summed E-state index contributed by atoms with van der Waals surface area (Å²) in [5.41, 5.74) is 4.85. The highest BCUT2D eigenvalue weighted by atomic mass is 35.7. The van der Waals surface area contributed by atoms with Gasteiger partial charge in [0.05, 0.1) is 5.75 Å². The first-order valence-electron chi connectivity index (χ1n) is 1.68. The topological polar surface area (TPSA) is 60.2 Å². The van der Waals surface area contributed by atoms with Crippen LogP contribution in [0.25, 0.3) is 0 Å². The first-order valence-corrected chi connectivity index (χ1v) is 4.16. The van der Waals surface area contributed by atoms with Crippen molar-refractivity contribution < 1.29 is 8.42 Å². The third kappa shape index (κ3) is 6.20. The molecule has 0 aromatic heterocycles. The normalized spacial score (nSPS) is 11.7. The number of rotatable bonds is 2. The van der Waals surface area contributed by atoms with E-state index in [2.05, 4.69) is 0 Å². The van der Waals surface area contributed by atoms with E-state index in [1.54, 1.807) is 0 Å². The quantitative estimate of drug-likeness (QED) is 0.531. The molecular weight excluding hydrogens is 138 g/mol. The second-order valence-corrected chi connectivity index (χ2v) is 3.93. The van der Waals surface area contributed by atoms with Crippen LogP contribution in [0.2, 0.25) is 0 Å².